The minimum Gasteiger partial charge on any atom is -0.442 e. The zero-order chi connectivity index (χ0) is 24.2. The Morgan fingerprint density at radius 3 is 2.94 bits per heavy atom. The molecule has 4 rings (SSSR count). The first-order valence-electron chi connectivity index (χ1n) is 11.0. The summed E-state index contributed by atoms with van der Waals surface area (Å²) in [6.07, 6.45) is 0.246. The fourth-order valence-corrected chi connectivity index (χ4v) is 4.72. The van der Waals surface area contributed by atoms with Crippen molar-refractivity contribution < 1.29 is 28.9 Å². The van der Waals surface area contributed by atoms with Crippen LogP contribution in [0.5, 0.6) is 0 Å². The number of amides is 2. The average Bonchev–Trinajstić information content (AvgIpc) is 3.45. The number of benzene rings is 1. The molecule has 12 heteroatoms. The summed E-state index contributed by atoms with van der Waals surface area (Å²) in [5, 5.41) is 26.1. The molecule has 2 aromatic rings. The molecule has 2 atom stereocenters. The first kappa shape index (κ1) is 24.3. The Kier molecular flexibility index (Phi) is 7.59. The number of rotatable bonds is 10. The van der Waals surface area contributed by atoms with Crippen LogP contribution in [0.1, 0.15) is 18.2 Å². The van der Waals surface area contributed by atoms with Gasteiger partial charge in [0.1, 0.15) is 11.9 Å². The summed E-state index contributed by atoms with van der Waals surface area (Å²) < 4.78 is 22.0. The standard InChI is InChI=1S/C22H28FN5O5S/c1-14(30)24-7-18-11-28(22(32)33-18)16-2-3-21(19(23)6-16)26-8-15-9-27(25-20(15)12-26)10-17(31)13-34-5-4-29/h2-3,6,9,17-18,29,31H,4-5,7-8,10-13H2,1H3,(H,24,30)/t17-,18-/m0/s1. The molecule has 10 nitrogen and oxygen atoms in total. The molecule has 3 heterocycles. The van der Waals surface area contributed by atoms with Crippen LogP contribution in [-0.4, -0.2) is 75.4 Å². The first-order chi connectivity index (χ1) is 16.3. The topological polar surface area (TPSA) is 120 Å². The van der Waals surface area contributed by atoms with E-state index in [9.17, 15) is 14.7 Å². The van der Waals surface area contributed by atoms with Crippen molar-refractivity contribution in [2.45, 2.75) is 38.8 Å². The number of carbonyl (C=O) groups excluding carboxylic acids is 2. The lowest BCUT2D eigenvalue weighted by Crippen LogP contribution is -2.33. The number of aromatic nitrogens is 2. The van der Waals surface area contributed by atoms with Gasteiger partial charge in [-0.15, -0.1) is 0 Å². The zero-order valence-electron chi connectivity index (χ0n) is 18.8. The number of hydrogen-bond donors (Lipinski definition) is 3. The van der Waals surface area contributed by atoms with Crippen LogP contribution in [0.2, 0.25) is 0 Å². The van der Waals surface area contributed by atoms with Gasteiger partial charge < -0.3 is 25.2 Å². The van der Waals surface area contributed by atoms with Crippen molar-refractivity contribution in [2.75, 3.05) is 41.0 Å². The lowest BCUT2D eigenvalue weighted by atomic mass is 10.2. The van der Waals surface area contributed by atoms with Crippen molar-refractivity contribution >= 4 is 35.1 Å². The molecule has 0 bridgehead atoms. The highest BCUT2D eigenvalue weighted by Crippen LogP contribution is 2.32. The van der Waals surface area contributed by atoms with Crippen LogP contribution in [0, 0.1) is 5.82 Å². The van der Waals surface area contributed by atoms with Crippen LogP contribution in [0.4, 0.5) is 20.6 Å². The minimum atomic E-state index is -0.574. The molecule has 2 aliphatic heterocycles. The predicted molar refractivity (Wildman–Crippen MR) is 125 cm³/mol. The fraction of sp³-hybridized carbons (Fsp3) is 0.500. The van der Waals surface area contributed by atoms with Gasteiger partial charge in [-0.25, -0.2) is 9.18 Å². The molecule has 34 heavy (non-hydrogen) atoms. The number of aliphatic hydroxyl groups is 2. The van der Waals surface area contributed by atoms with Gasteiger partial charge in [-0.05, 0) is 18.2 Å². The molecule has 0 spiro atoms. The number of halogens is 1. The number of aliphatic hydroxyl groups excluding tert-OH is 2. The van der Waals surface area contributed by atoms with Crippen molar-refractivity contribution in [2.24, 2.45) is 0 Å². The fourth-order valence-electron chi connectivity index (χ4n) is 4.04. The maximum atomic E-state index is 15.0. The van der Waals surface area contributed by atoms with E-state index in [0.29, 0.717) is 42.5 Å². The van der Waals surface area contributed by atoms with E-state index in [2.05, 4.69) is 10.4 Å². The zero-order valence-corrected chi connectivity index (χ0v) is 19.6. The molecule has 0 radical (unpaired) electrons. The quantitative estimate of drug-likeness (QED) is 0.421. The summed E-state index contributed by atoms with van der Waals surface area (Å²) in [5.41, 5.74) is 2.62. The second kappa shape index (κ2) is 10.6. The van der Waals surface area contributed by atoms with Gasteiger partial charge in [0, 0.05) is 36.7 Å². The van der Waals surface area contributed by atoms with Gasteiger partial charge >= 0.3 is 6.09 Å². The van der Waals surface area contributed by atoms with Crippen molar-refractivity contribution in [1.29, 1.82) is 0 Å². The van der Waals surface area contributed by atoms with Crippen LogP contribution in [0.3, 0.4) is 0 Å². The van der Waals surface area contributed by atoms with E-state index in [0.717, 1.165) is 11.3 Å². The molecule has 2 amide bonds. The van der Waals surface area contributed by atoms with Gasteiger partial charge in [-0.3, -0.25) is 14.4 Å². The molecular weight excluding hydrogens is 465 g/mol. The van der Waals surface area contributed by atoms with E-state index in [4.69, 9.17) is 9.84 Å². The van der Waals surface area contributed by atoms with E-state index in [-0.39, 0.29) is 25.6 Å². The van der Waals surface area contributed by atoms with Crippen molar-refractivity contribution in [3.05, 3.63) is 41.5 Å². The Labute approximate surface area is 200 Å². The Morgan fingerprint density at radius 2 is 2.24 bits per heavy atom. The molecule has 2 aliphatic rings. The lowest BCUT2D eigenvalue weighted by Gasteiger charge is -2.21. The molecule has 1 aromatic heterocycles. The summed E-state index contributed by atoms with van der Waals surface area (Å²) in [4.78, 5) is 26.5. The SMILES string of the molecule is CC(=O)NC[C@H]1CN(c2ccc(N3Cc4cn(C[C@H](O)CSCCO)nc4C3)c(F)c2)C(=O)O1. The van der Waals surface area contributed by atoms with Crippen LogP contribution >= 0.6 is 11.8 Å². The van der Waals surface area contributed by atoms with E-state index < -0.39 is 24.1 Å². The number of carbonyl (C=O) groups is 2. The number of ether oxygens (including phenoxy) is 1. The summed E-state index contributed by atoms with van der Waals surface area (Å²) in [7, 11) is 0. The number of hydrogen-bond acceptors (Lipinski definition) is 8. The van der Waals surface area contributed by atoms with Gasteiger partial charge in [0.2, 0.25) is 5.91 Å². The third kappa shape index (κ3) is 5.62. The molecule has 0 unspecified atom stereocenters. The summed E-state index contributed by atoms with van der Waals surface area (Å²) in [5.74, 6) is 0.442. The minimum absolute atomic E-state index is 0.0854. The van der Waals surface area contributed by atoms with Crippen LogP contribution < -0.4 is 15.1 Å². The predicted octanol–water partition coefficient (Wildman–Crippen LogP) is 1.09. The van der Waals surface area contributed by atoms with Gasteiger partial charge in [-0.2, -0.15) is 16.9 Å². The van der Waals surface area contributed by atoms with Crippen molar-refractivity contribution in [1.82, 2.24) is 15.1 Å². The van der Waals surface area contributed by atoms with Crippen LogP contribution in [0.25, 0.3) is 0 Å². The largest absolute Gasteiger partial charge is 0.442 e. The van der Waals surface area contributed by atoms with Gasteiger partial charge in [-0.1, -0.05) is 0 Å². The number of nitrogens with one attached hydrogen (secondary N) is 1. The second-order valence-electron chi connectivity index (χ2n) is 8.32. The van der Waals surface area contributed by atoms with Gasteiger partial charge in [0.15, 0.2) is 0 Å². The van der Waals surface area contributed by atoms with Gasteiger partial charge in [0.25, 0.3) is 0 Å². The number of nitrogens with zero attached hydrogens (tertiary/aromatic N) is 4. The normalized spacial score (nSPS) is 18.2. The Balaban J connectivity index is 1.35. The number of thioether (sulfide) groups is 1. The highest BCUT2D eigenvalue weighted by molar-refractivity contribution is 7.99. The third-order valence-corrected chi connectivity index (χ3v) is 6.70. The molecule has 1 fully saturated rings. The second-order valence-corrected chi connectivity index (χ2v) is 9.47. The summed E-state index contributed by atoms with van der Waals surface area (Å²) in [6.45, 7) is 3.21. The Morgan fingerprint density at radius 1 is 1.41 bits per heavy atom. The Hall–Kier alpha value is -2.83. The molecule has 0 aliphatic carbocycles. The maximum Gasteiger partial charge on any atom is 0.414 e. The molecule has 1 aromatic carbocycles. The van der Waals surface area contributed by atoms with Crippen molar-refractivity contribution in [3.63, 3.8) is 0 Å². The van der Waals surface area contributed by atoms with E-state index in [1.54, 1.807) is 16.8 Å². The molecule has 184 valence electrons. The highest BCUT2D eigenvalue weighted by atomic mass is 32.2. The number of cyclic esters (lactones) is 1. The molecular formula is C22H28FN5O5S. The van der Waals surface area contributed by atoms with Gasteiger partial charge in [0.05, 0.1) is 56.0 Å². The third-order valence-electron chi connectivity index (χ3n) is 5.61. The number of fused-ring (bicyclic) bond motifs is 1. The summed E-state index contributed by atoms with van der Waals surface area (Å²) >= 11 is 1.48. The molecule has 0 saturated carbocycles. The number of anilines is 2. The smallest absolute Gasteiger partial charge is 0.414 e. The van der Waals surface area contributed by atoms with E-state index >= 15 is 4.39 Å². The van der Waals surface area contributed by atoms with E-state index in [1.807, 2.05) is 11.1 Å². The first-order valence-corrected chi connectivity index (χ1v) is 12.2. The maximum absolute atomic E-state index is 15.0. The highest BCUT2D eigenvalue weighted by Gasteiger charge is 2.33. The Bertz CT molecular complexity index is 1030. The van der Waals surface area contributed by atoms with Crippen LogP contribution in [-0.2, 0) is 29.2 Å². The lowest BCUT2D eigenvalue weighted by molar-refractivity contribution is -0.119. The molecule has 3 N–H and O–H groups in total. The average molecular weight is 494 g/mol. The van der Waals surface area contributed by atoms with E-state index in [1.165, 1.54) is 29.7 Å². The summed E-state index contributed by atoms with van der Waals surface area (Å²) in [6, 6.07) is 4.63. The monoisotopic (exact) mass is 493 g/mol. The molecule has 1 saturated heterocycles. The van der Waals surface area contributed by atoms with Crippen molar-refractivity contribution in [3.8, 4) is 0 Å². The van der Waals surface area contributed by atoms with Crippen LogP contribution in [0.15, 0.2) is 24.4 Å².